The molecule has 0 spiro atoms. The van der Waals surface area contributed by atoms with Crippen molar-refractivity contribution in [2.75, 3.05) is 18.5 Å². The first-order valence-corrected chi connectivity index (χ1v) is 9.74. The number of rotatable bonds is 7. The van der Waals surface area contributed by atoms with Crippen LogP contribution < -0.4 is 14.8 Å². The zero-order valence-electron chi connectivity index (χ0n) is 17.2. The molecule has 0 saturated carbocycles. The van der Waals surface area contributed by atoms with E-state index in [1.807, 2.05) is 13.8 Å². The highest BCUT2D eigenvalue weighted by Gasteiger charge is 2.22. The molecule has 0 aliphatic carbocycles. The SMILES string of the molecule is CCOc1ccc(-c2nonc2NC(=O)c2oc3ccc(F)cc3c2C)cc1OCC. The van der Waals surface area contributed by atoms with Crippen LogP contribution in [0.15, 0.2) is 45.4 Å². The van der Waals surface area contributed by atoms with Gasteiger partial charge < -0.3 is 13.9 Å². The number of carbonyl (C=O) groups is 1. The van der Waals surface area contributed by atoms with Crippen LogP contribution in [0.2, 0.25) is 0 Å². The number of fused-ring (bicyclic) bond motifs is 1. The van der Waals surface area contributed by atoms with Gasteiger partial charge in [-0.2, -0.15) is 0 Å². The van der Waals surface area contributed by atoms with Crippen LogP contribution in [0.25, 0.3) is 22.2 Å². The minimum atomic E-state index is -0.554. The number of furan rings is 1. The predicted molar refractivity (Wildman–Crippen MR) is 111 cm³/mol. The van der Waals surface area contributed by atoms with Gasteiger partial charge in [0, 0.05) is 16.5 Å². The van der Waals surface area contributed by atoms with Gasteiger partial charge in [-0.25, -0.2) is 9.02 Å². The number of hydrogen-bond donors (Lipinski definition) is 1. The van der Waals surface area contributed by atoms with Crippen molar-refractivity contribution < 1.29 is 27.7 Å². The van der Waals surface area contributed by atoms with Gasteiger partial charge in [-0.05, 0) is 67.5 Å². The Bertz CT molecular complexity index is 1250. The number of nitrogens with one attached hydrogen (secondary N) is 1. The largest absolute Gasteiger partial charge is 0.490 e. The van der Waals surface area contributed by atoms with Gasteiger partial charge in [-0.3, -0.25) is 10.1 Å². The molecule has 2 heterocycles. The molecule has 4 rings (SSSR count). The normalized spacial score (nSPS) is 11.0. The first-order valence-electron chi connectivity index (χ1n) is 9.74. The smallest absolute Gasteiger partial charge is 0.292 e. The standard InChI is InChI=1S/C22H20FN3O5/c1-4-28-17-8-6-13(10-18(17)29-5-2)19-21(26-31-25-19)24-22(27)20-12(3)15-11-14(23)7-9-16(15)30-20/h6-11H,4-5H2,1-3H3,(H,24,26,27). The summed E-state index contributed by atoms with van der Waals surface area (Å²) >= 11 is 0. The summed E-state index contributed by atoms with van der Waals surface area (Å²) in [5.74, 6) is 0.338. The van der Waals surface area contributed by atoms with Gasteiger partial charge in [-0.15, -0.1) is 0 Å². The van der Waals surface area contributed by atoms with Gasteiger partial charge in [0.1, 0.15) is 11.4 Å². The number of carbonyl (C=O) groups excluding carboxylic acids is 1. The molecule has 1 N–H and O–H groups in total. The number of nitrogens with zero attached hydrogens (tertiary/aromatic N) is 2. The summed E-state index contributed by atoms with van der Waals surface area (Å²) < 4.78 is 35.2. The molecule has 0 bridgehead atoms. The number of amides is 1. The Balaban J connectivity index is 1.64. The van der Waals surface area contributed by atoms with Gasteiger partial charge >= 0.3 is 0 Å². The van der Waals surface area contributed by atoms with Gasteiger partial charge in [0.05, 0.1) is 13.2 Å². The van der Waals surface area contributed by atoms with Crippen molar-refractivity contribution in [2.24, 2.45) is 0 Å². The van der Waals surface area contributed by atoms with Crippen LogP contribution in [0.4, 0.5) is 10.2 Å². The lowest BCUT2D eigenvalue weighted by Crippen LogP contribution is -2.13. The van der Waals surface area contributed by atoms with Crippen LogP contribution in [-0.4, -0.2) is 29.4 Å². The topological polar surface area (TPSA) is 99.6 Å². The van der Waals surface area contributed by atoms with E-state index in [0.717, 1.165) is 0 Å². The lowest BCUT2D eigenvalue weighted by Gasteiger charge is -2.11. The maximum absolute atomic E-state index is 13.5. The Morgan fingerprint density at radius 1 is 1.06 bits per heavy atom. The lowest BCUT2D eigenvalue weighted by molar-refractivity contribution is 0.0997. The zero-order valence-corrected chi connectivity index (χ0v) is 17.2. The fraction of sp³-hybridized carbons (Fsp3) is 0.227. The molecule has 0 radical (unpaired) electrons. The van der Waals surface area contributed by atoms with E-state index in [2.05, 4.69) is 15.6 Å². The second-order valence-electron chi connectivity index (χ2n) is 6.64. The fourth-order valence-electron chi connectivity index (χ4n) is 3.23. The van der Waals surface area contributed by atoms with Gasteiger partial charge in [0.2, 0.25) is 5.82 Å². The molecule has 0 aliphatic heterocycles. The van der Waals surface area contributed by atoms with Crippen LogP contribution >= 0.6 is 0 Å². The summed E-state index contributed by atoms with van der Waals surface area (Å²) in [5.41, 5.74) is 1.86. The monoisotopic (exact) mass is 425 g/mol. The third-order valence-corrected chi connectivity index (χ3v) is 4.64. The third-order valence-electron chi connectivity index (χ3n) is 4.64. The molecule has 160 valence electrons. The highest BCUT2D eigenvalue weighted by molar-refractivity contribution is 6.07. The van der Waals surface area contributed by atoms with E-state index in [0.29, 0.717) is 52.5 Å². The Labute approximate surface area is 176 Å². The average Bonchev–Trinajstić information content (AvgIpc) is 3.34. The molecule has 9 heteroatoms. The Morgan fingerprint density at radius 3 is 2.61 bits per heavy atom. The quantitative estimate of drug-likeness (QED) is 0.446. The number of hydrogen-bond acceptors (Lipinski definition) is 7. The second kappa shape index (κ2) is 8.47. The van der Waals surface area contributed by atoms with Crippen molar-refractivity contribution in [3.63, 3.8) is 0 Å². The van der Waals surface area contributed by atoms with Crippen LogP contribution in [-0.2, 0) is 0 Å². The molecule has 0 atom stereocenters. The predicted octanol–water partition coefficient (Wildman–Crippen LogP) is 4.98. The molecule has 0 saturated heterocycles. The van der Waals surface area contributed by atoms with Crippen LogP contribution in [0.5, 0.6) is 11.5 Å². The highest BCUT2D eigenvalue weighted by atomic mass is 19.1. The van der Waals surface area contributed by atoms with Gasteiger partial charge in [-0.1, -0.05) is 0 Å². The number of ether oxygens (including phenoxy) is 2. The molecule has 2 aromatic heterocycles. The summed E-state index contributed by atoms with van der Waals surface area (Å²) in [6, 6.07) is 9.32. The molecule has 8 nitrogen and oxygen atoms in total. The van der Waals surface area contributed by atoms with E-state index in [1.54, 1.807) is 25.1 Å². The van der Waals surface area contributed by atoms with Crippen LogP contribution in [0.3, 0.4) is 0 Å². The van der Waals surface area contributed by atoms with E-state index in [4.69, 9.17) is 18.5 Å². The average molecular weight is 425 g/mol. The molecule has 31 heavy (non-hydrogen) atoms. The van der Waals surface area contributed by atoms with Crippen molar-refractivity contribution in [1.29, 1.82) is 0 Å². The minimum Gasteiger partial charge on any atom is -0.490 e. The van der Waals surface area contributed by atoms with Crippen LogP contribution in [0.1, 0.15) is 30.0 Å². The molecule has 0 fully saturated rings. The Kier molecular flexibility index (Phi) is 5.57. The first-order chi connectivity index (χ1) is 15.0. The van der Waals surface area contributed by atoms with E-state index in [9.17, 15) is 9.18 Å². The molecule has 0 unspecified atom stereocenters. The van der Waals surface area contributed by atoms with Crippen LogP contribution in [0, 0.1) is 12.7 Å². The van der Waals surface area contributed by atoms with E-state index in [-0.39, 0.29) is 11.6 Å². The first kappa shape index (κ1) is 20.4. The zero-order chi connectivity index (χ0) is 22.0. The van der Waals surface area contributed by atoms with Gasteiger partial charge in [0.15, 0.2) is 23.0 Å². The maximum Gasteiger partial charge on any atom is 0.292 e. The molecular weight excluding hydrogens is 405 g/mol. The number of benzene rings is 2. The van der Waals surface area contributed by atoms with Gasteiger partial charge in [0.25, 0.3) is 5.91 Å². The summed E-state index contributed by atoms with van der Waals surface area (Å²) in [5, 5.41) is 10.9. The molecule has 0 aliphatic rings. The van der Waals surface area contributed by atoms with Crippen molar-refractivity contribution in [1.82, 2.24) is 10.3 Å². The van der Waals surface area contributed by atoms with Crippen molar-refractivity contribution >= 4 is 22.7 Å². The molecule has 4 aromatic rings. The summed E-state index contributed by atoms with van der Waals surface area (Å²) in [6.45, 7) is 6.38. The molecule has 2 aromatic carbocycles. The Morgan fingerprint density at radius 2 is 1.84 bits per heavy atom. The molecular formula is C22H20FN3O5. The number of anilines is 1. The number of aryl methyl sites for hydroxylation is 1. The van der Waals surface area contributed by atoms with Crippen molar-refractivity contribution in [3.05, 3.63) is 53.5 Å². The van der Waals surface area contributed by atoms with E-state index in [1.165, 1.54) is 18.2 Å². The summed E-state index contributed by atoms with van der Waals surface area (Å²) in [4.78, 5) is 12.8. The maximum atomic E-state index is 13.5. The summed E-state index contributed by atoms with van der Waals surface area (Å²) in [6.07, 6.45) is 0. The highest BCUT2D eigenvalue weighted by Crippen LogP contribution is 2.35. The van der Waals surface area contributed by atoms with Crippen molar-refractivity contribution in [3.8, 4) is 22.8 Å². The Hall–Kier alpha value is -3.88. The van der Waals surface area contributed by atoms with E-state index < -0.39 is 11.7 Å². The second-order valence-corrected chi connectivity index (χ2v) is 6.64. The molecule has 1 amide bonds. The third kappa shape index (κ3) is 3.94. The lowest BCUT2D eigenvalue weighted by atomic mass is 10.1. The van der Waals surface area contributed by atoms with E-state index >= 15 is 0 Å². The number of halogens is 1. The minimum absolute atomic E-state index is 0.0521. The summed E-state index contributed by atoms with van der Waals surface area (Å²) in [7, 11) is 0. The fourth-order valence-corrected chi connectivity index (χ4v) is 3.23. The number of aromatic nitrogens is 2. The van der Waals surface area contributed by atoms with Crippen molar-refractivity contribution in [2.45, 2.75) is 20.8 Å².